The minimum Gasteiger partial charge on any atom is -0.298 e. The molecule has 1 fully saturated rings. The lowest BCUT2D eigenvalue weighted by molar-refractivity contribution is -0.131. The fourth-order valence-corrected chi connectivity index (χ4v) is 5.78. The molecule has 1 unspecified atom stereocenters. The van der Waals surface area contributed by atoms with Crippen molar-refractivity contribution in [2.45, 2.75) is 38.1 Å². The topological polar surface area (TPSA) is 58.7 Å². The number of fused-ring (bicyclic) bond motifs is 3. The lowest BCUT2D eigenvalue weighted by Gasteiger charge is -2.50. The third-order valence-corrected chi connectivity index (χ3v) is 7.17. The van der Waals surface area contributed by atoms with Crippen molar-refractivity contribution in [2.75, 3.05) is 0 Å². The summed E-state index contributed by atoms with van der Waals surface area (Å²) in [5.41, 5.74) is 4.33. The largest absolute Gasteiger partial charge is 0.298 e. The lowest BCUT2D eigenvalue weighted by Crippen LogP contribution is -2.52. The number of benzene rings is 2. The Morgan fingerprint density at radius 3 is 2.53 bits per heavy atom. The zero-order chi connectivity index (χ0) is 20.7. The van der Waals surface area contributed by atoms with Gasteiger partial charge in [0, 0.05) is 17.5 Å². The Hall–Kier alpha value is -3.19. The number of Topliss-reactive ketones (excluding diaryl/α,β-unsaturated/α-hetero) is 1. The minimum absolute atomic E-state index is 0.0984. The Morgan fingerprint density at radius 2 is 1.83 bits per heavy atom. The van der Waals surface area contributed by atoms with E-state index in [1.54, 1.807) is 0 Å². The number of carbonyl (C=O) groups excluding carboxylic acids is 1. The fourth-order valence-electron chi connectivity index (χ4n) is 5.78. The molecule has 2 aliphatic rings. The molecule has 4 nitrogen and oxygen atoms in total. The molecule has 2 aromatic carbocycles. The maximum Gasteiger partial charge on any atom is 0.153 e. The highest BCUT2D eigenvalue weighted by Gasteiger charge is 2.56. The molecule has 0 bridgehead atoms. The smallest absolute Gasteiger partial charge is 0.153 e. The molecule has 4 heteroatoms. The molecule has 0 spiro atoms. The monoisotopic (exact) mass is 395 g/mol. The molecule has 5 rings (SSSR count). The van der Waals surface area contributed by atoms with Crippen molar-refractivity contribution < 1.29 is 4.79 Å². The van der Waals surface area contributed by atoms with Crippen LogP contribution in [0.2, 0.25) is 0 Å². The van der Waals surface area contributed by atoms with Gasteiger partial charge in [-0.25, -0.2) is 0 Å². The molecule has 4 atom stereocenters. The SMILES string of the molecule is C[C@@H]1C(=O)C(C#N)C[C@@]2(c3ccccc3)c3nn(Cc4ccccc4)cc3CC[C@@H]12. The van der Waals surface area contributed by atoms with Gasteiger partial charge in [-0.3, -0.25) is 9.48 Å². The highest BCUT2D eigenvalue weighted by Crippen LogP contribution is 2.55. The molecule has 1 aromatic heterocycles. The van der Waals surface area contributed by atoms with E-state index >= 15 is 0 Å². The summed E-state index contributed by atoms with van der Waals surface area (Å²) in [6, 6.07) is 23.1. The van der Waals surface area contributed by atoms with Gasteiger partial charge in [-0.1, -0.05) is 67.6 Å². The van der Waals surface area contributed by atoms with Gasteiger partial charge < -0.3 is 0 Å². The maximum absolute atomic E-state index is 12.9. The fraction of sp³-hybridized carbons (Fsp3) is 0.346. The molecular weight excluding hydrogens is 370 g/mol. The molecule has 0 saturated heterocycles. The number of hydrogen-bond acceptors (Lipinski definition) is 3. The molecule has 2 aliphatic carbocycles. The van der Waals surface area contributed by atoms with Gasteiger partial charge in [0.1, 0.15) is 5.92 Å². The highest BCUT2D eigenvalue weighted by atomic mass is 16.1. The summed E-state index contributed by atoms with van der Waals surface area (Å²) in [5, 5.41) is 14.9. The van der Waals surface area contributed by atoms with Crippen molar-refractivity contribution in [2.24, 2.45) is 17.8 Å². The van der Waals surface area contributed by atoms with Crippen molar-refractivity contribution in [3.8, 4) is 6.07 Å². The first-order valence-corrected chi connectivity index (χ1v) is 10.7. The van der Waals surface area contributed by atoms with Crippen LogP contribution in [0.4, 0.5) is 0 Å². The molecule has 1 heterocycles. The zero-order valence-electron chi connectivity index (χ0n) is 17.2. The van der Waals surface area contributed by atoms with Crippen LogP contribution in [0, 0.1) is 29.1 Å². The Balaban J connectivity index is 1.66. The molecule has 0 amide bonds. The van der Waals surface area contributed by atoms with Crippen LogP contribution in [0.3, 0.4) is 0 Å². The third kappa shape index (κ3) is 2.81. The third-order valence-electron chi connectivity index (χ3n) is 7.17. The predicted molar refractivity (Wildman–Crippen MR) is 115 cm³/mol. The highest BCUT2D eigenvalue weighted by molar-refractivity contribution is 5.87. The number of nitrogens with zero attached hydrogens (tertiary/aromatic N) is 3. The van der Waals surface area contributed by atoms with Gasteiger partial charge in [0.2, 0.25) is 0 Å². The minimum atomic E-state index is -0.582. The van der Waals surface area contributed by atoms with Crippen molar-refractivity contribution in [3.63, 3.8) is 0 Å². The summed E-state index contributed by atoms with van der Waals surface area (Å²) in [5.74, 6) is -0.455. The first-order chi connectivity index (χ1) is 14.6. The van der Waals surface area contributed by atoms with Crippen molar-refractivity contribution in [1.82, 2.24) is 9.78 Å². The summed E-state index contributed by atoms with van der Waals surface area (Å²) in [4.78, 5) is 12.9. The van der Waals surface area contributed by atoms with E-state index in [0.29, 0.717) is 6.42 Å². The first-order valence-electron chi connectivity index (χ1n) is 10.7. The van der Waals surface area contributed by atoms with E-state index < -0.39 is 5.92 Å². The van der Waals surface area contributed by atoms with Crippen LogP contribution in [0.15, 0.2) is 66.9 Å². The first kappa shape index (κ1) is 18.8. The van der Waals surface area contributed by atoms with E-state index in [9.17, 15) is 10.1 Å². The van der Waals surface area contributed by atoms with Gasteiger partial charge in [0.15, 0.2) is 5.78 Å². The second-order valence-electron chi connectivity index (χ2n) is 8.75. The van der Waals surface area contributed by atoms with Gasteiger partial charge in [-0.05, 0) is 41.9 Å². The number of rotatable bonds is 3. The Kier molecular flexibility index (Phi) is 4.55. The summed E-state index contributed by atoms with van der Waals surface area (Å²) < 4.78 is 2.04. The van der Waals surface area contributed by atoms with E-state index in [0.717, 1.165) is 25.1 Å². The summed E-state index contributed by atoms with van der Waals surface area (Å²) in [6.07, 6.45) is 4.57. The van der Waals surface area contributed by atoms with Gasteiger partial charge >= 0.3 is 0 Å². The molecule has 30 heavy (non-hydrogen) atoms. The summed E-state index contributed by atoms with van der Waals surface area (Å²) in [7, 11) is 0. The van der Waals surface area contributed by atoms with Crippen LogP contribution in [-0.2, 0) is 23.2 Å². The van der Waals surface area contributed by atoms with E-state index in [2.05, 4.69) is 48.7 Å². The van der Waals surface area contributed by atoms with Crippen LogP contribution in [0.5, 0.6) is 0 Å². The van der Waals surface area contributed by atoms with E-state index in [1.807, 2.05) is 35.9 Å². The Labute approximate surface area is 177 Å². The van der Waals surface area contributed by atoms with Crippen LogP contribution in [0.25, 0.3) is 0 Å². The average molecular weight is 396 g/mol. The molecule has 150 valence electrons. The van der Waals surface area contributed by atoms with Crippen LogP contribution >= 0.6 is 0 Å². The predicted octanol–water partition coefficient (Wildman–Crippen LogP) is 4.53. The second-order valence-corrected chi connectivity index (χ2v) is 8.75. The molecule has 0 N–H and O–H groups in total. The molecule has 0 aliphatic heterocycles. The summed E-state index contributed by atoms with van der Waals surface area (Å²) >= 11 is 0. The number of carbonyl (C=O) groups is 1. The molecular formula is C26H25N3O. The van der Waals surface area contributed by atoms with Crippen molar-refractivity contribution >= 4 is 5.78 Å². The van der Waals surface area contributed by atoms with Gasteiger partial charge in [-0.2, -0.15) is 10.4 Å². The summed E-state index contributed by atoms with van der Waals surface area (Å²) in [6.45, 7) is 2.74. The zero-order valence-corrected chi connectivity index (χ0v) is 17.2. The molecule has 3 aromatic rings. The number of nitriles is 1. The Bertz CT molecular complexity index is 1110. The van der Waals surface area contributed by atoms with Gasteiger partial charge in [0.05, 0.1) is 18.3 Å². The number of hydrogen-bond donors (Lipinski definition) is 0. The van der Waals surface area contributed by atoms with E-state index in [4.69, 9.17) is 5.10 Å². The van der Waals surface area contributed by atoms with E-state index in [1.165, 1.54) is 16.7 Å². The number of ketones is 1. The number of aromatic nitrogens is 2. The molecule has 0 radical (unpaired) electrons. The van der Waals surface area contributed by atoms with Crippen LogP contribution < -0.4 is 0 Å². The normalized spacial score (nSPS) is 27.7. The molecule has 1 saturated carbocycles. The van der Waals surface area contributed by atoms with E-state index in [-0.39, 0.29) is 23.0 Å². The quantitative estimate of drug-likeness (QED) is 0.655. The maximum atomic E-state index is 12.9. The average Bonchev–Trinajstić information content (AvgIpc) is 3.20. The number of aryl methyl sites for hydroxylation is 1. The lowest BCUT2D eigenvalue weighted by atomic mass is 9.51. The standard InChI is InChI=1S/C26H25N3O/c1-18-23-13-12-20-17-29(16-19-8-4-2-5-9-19)28-25(20)26(23,14-21(15-27)24(18)30)22-10-6-3-7-11-22/h2-11,17-18,21,23H,12-14,16H2,1H3/t18-,21?,23-,26-/m0/s1. The van der Waals surface area contributed by atoms with Crippen LogP contribution in [0.1, 0.15) is 42.1 Å². The van der Waals surface area contributed by atoms with Crippen molar-refractivity contribution in [3.05, 3.63) is 89.2 Å². The second kappa shape index (κ2) is 7.25. The van der Waals surface area contributed by atoms with Gasteiger partial charge in [-0.15, -0.1) is 0 Å². The van der Waals surface area contributed by atoms with Crippen molar-refractivity contribution in [1.29, 1.82) is 5.26 Å². The van der Waals surface area contributed by atoms with Crippen LogP contribution in [-0.4, -0.2) is 15.6 Å². The van der Waals surface area contributed by atoms with Gasteiger partial charge in [0.25, 0.3) is 0 Å². The Morgan fingerprint density at radius 1 is 1.13 bits per heavy atom.